The van der Waals surface area contributed by atoms with Gasteiger partial charge in [-0.15, -0.1) is 0 Å². The molecule has 1 fully saturated rings. The van der Waals surface area contributed by atoms with Crippen molar-refractivity contribution in [3.63, 3.8) is 0 Å². The molecule has 0 spiro atoms. The van der Waals surface area contributed by atoms with Crippen LogP contribution in [0.15, 0.2) is 41.0 Å². The first-order valence-corrected chi connectivity index (χ1v) is 9.96. The van der Waals surface area contributed by atoms with E-state index in [1.54, 1.807) is 12.3 Å². The average Bonchev–Trinajstić information content (AvgIpc) is 3.13. The molecule has 2 heterocycles. The van der Waals surface area contributed by atoms with Crippen LogP contribution in [0.4, 0.5) is 0 Å². The number of benzene rings is 1. The third kappa shape index (κ3) is 4.35. The molecule has 1 amide bonds. The van der Waals surface area contributed by atoms with E-state index in [9.17, 15) is 13.2 Å². The molecule has 7 nitrogen and oxygen atoms in total. The standard InChI is InChI=1S/C15H16BrN3O4S/c16-11-1-3-13(4-2-11)23-10-19-7-5-14(18-19)15(20)17-12-6-8-24(21,22)9-12/h1-5,7,12H,6,8-10H2,(H,17,20). The van der Waals surface area contributed by atoms with Crippen LogP contribution in [0.1, 0.15) is 16.9 Å². The highest BCUT2D eigenvalue weighted by Crippen LogP contribution is 2.16. The zero-order valence-electron chi connectivity index (χ0n) is 12.7. The maximum atomic E-state index is 12.1. The summed E-state index contributed by atoms with van der Waals surface area (Å²) in [4.78, 5) is 12.1. The van der Waals surface area contributed by atoms with Gasteiger partial charge in [0.25, 0.3) is 5.91 Å². The van der Waals surface area contributed by atoms with Gasteiger partial charge in [-0.1, -0.05) is 15.9 Å². The molecule has 1 N–H and O–H groups in total. The Morgan fingerprint density at radius 1 is 1.33 bits per heavy atom. The third-order valence-electron chi connectivity index (χ3n) is 3.62. The van der Waals surface area contributed by atoms with Crippen molar-refractivity contribution < 1.29 is 17.9 Å². The minimum absolute atomic E-state index is 0.00781. The highest BCUT2D eigenvalue weighted by atomic mass is 79.9. The number of sulfone groups is 1. The lowest BCUT2D eigenvalue weighted by molar-refractivity contribution is 0.0934. The van der Waals surface area contributed by atoms with Gasteiger partial charge < -0.3 is 10.1 Å². The van der Waals surface area contributed by atoms with Crippen LogP contribution in [-0.2, 0) is 16.6 Å². The molecule has 0 bridgehead atoms. The van der Waals surface area contributed by atoms with E-state index >= 15 is 0 Å². The fourth-order valence-electron chi connectivity index (χ4n) is 2.39. The smallest absolute Gasteiger partial charge is 0.272 e. The van der Waals surface area contributed by atoms with Crippen LogP contribution in [-0.4, -0.2) is 41.7 Å². The van der Waals surface area contributed by atoms with Gasteiger partial charge in [-0.05, 0) is 36.8 Å². The topological polar surface area (TPSA) is 90.3 Å². The lowest BCUT2D eigenvalue weighted by atomic mass is 10.2. The second-order valence-electron chi connectivity index (χ2n) is 5.54. The molecular formula is C15H16BrN3O4S. The van der Waals surface area contributed by atoms with Crippen LogP contribution >= 0.6 is 15.9 Å². The predicted molar refractivity (Wildman–Crippen MR) is 91.5 cm³/mol. The Morgan fingerprint density at radius 2 is 2.08 bits per heavy atom. The molecule has 9 heteroatoms. The molecule has 1 atom stereocenters. The van der Waals surface area contributed by atoms with E-state index in [0.29, 0.717) is 12.2 Å². The molecule has 128 valence electrons. The summed E-state index contributed by atoms with van der Waals surface area (Å²) in [5, 5.41) is 6.85. The SMILES string of the molecule is O=C(NC1CCS(=O)(=O)C1)c1ccn(COc2ccc(Br)cc2)n1. The summed E-state index contributed by atoms with van der Waals surface area (Å²) in [5.74, 6) is 0.426. The minimum atomic E-state index is -3.02. The van der Waals surface area contributed by atoms with E-state index in [2.05, 4.69) is 26.3 Å². The van der Waals surface area contributed by atoms with Gasteiger partial charge in [0.15, 0.2) is 16.6 Å². The zero-order chi connectivity index (χ0) is 17.2. The molecule has 0 radical (unpaired) electrons. The van der Waals surface area contributed by atoms with Crippen molar-refractivity contribution in [1.82, 2.24) is 15.1 Å². The molecule has 1 aliphatic rings. The Hall–Kier alpha value is -1.87. The summed E-state index contributed by atoms with van der Waals surface area (Å²) < 4.78 is 30.9. The van der Waals surface area contributed by atoms with E-state index in [0.717, 1.165) is 4.47 Å². The molecule has 1 aromatic heterocycles. The summed E-state index contributed by atoms with van der Waals surface area (Å²) in [6.45, 7) is 0.173. The molecule has 2 aromatic rings. The van der Waals surface area contributed by atoms with Crippen molar-refractivity contribution in [3.8, 4) is 5.75 Å². The second-order valence-corrected chi connectivity index (χ2v) is 8.69. The summed E-state index contributed by atoms with van der Waals surface area (Å²) in [6, 6.07) is 8.61. The Morgan fingerprint density at radius 3 is 2.75 bits per heavy atom. The summed E-state index contributed by atoms with van der Waals surface area (Å²) in [7, 11) is -3.02. The number of carbonyl (C=O) groups is 1. The Bertz CT molecular complexity index is 833. The highest BCUT2D eigenvalue weighted by Gasteiger charge is 2.29. The number of carbonyl (C=O) groups excluding carboxylic acids is 1. The van der Waals surface area contributed by atoms with Crippen LogP contribution < -0.4 is 10.1 Å². The monoisotopic (exact) mass is 413 g/mol. The molecule has 1 unspecified atom stereocenters. The van der Waals surface area contributed by atoms with Gasteiger partial charge in [-0.25, -0.2) is 13.1 Å². The predicted octanol–water partition coefficient (Wildman–Crippen LogP) is 1.60. The van der Waals surface area contributed by atoms with Gasteiger partial charge in [0, 0.05) is 16.7 Å². The number of rotatable bonds is 5. The maximum absolute atomic E-state index is 12.1. The summed E-state index contributed by atoms with van der Waals surface area (Å²) in [6.07, 6.45) is 2.08. The van der Waals surface area contributed by atoms with Crippen LogP contribution in [0.2, 0.25) is 0 Å². The largest absolute Gasteiger partial charge is 0.471 e. The molecule has 3 rings (SSSR count). The van der Waals surface area contributed by atoms with E-state index in [-0.39, 0.29) is 35.9 Å². The van der Waals surface area contributed by atoms with Crippen LogP contribution in [0.5, 0.6) is 5.75 Å². The Kier molecular flexibility index (Phi) is 4.91. The van der Waals surface area contributed by atoms with Crippen molar-refractivity contribution in [2.45, 2.75) is 19.2 Å². The van der Waals surface area contributed by atoms with Gasteiger partial charge in [0.2, 0.25) is 0 Å². The molecule has 24 heavy (non-hydrogen) atoms. The fourth-order valence-corrected chi connectivity index (χ4v) is 4.33. The van der Waals surface area contributed by atoms with E-state index < -0.39 is 9.84 Å². The van der Waals surface area contributed by atoms with E-state index in [4.69, 9.17) is 4.74 Å². The Labute approximate surface area is 148 Å². The van der Waals surface area contributed by atoms with Crippen molar-refractivity contribution >= 4 is 31.7 Å². The highest BCUT2D eigenvalue weighted by molar-refractivity contribution is 9.10. The van der Waals surface area contributed by atoms with Gasteiger partial charge in [0.1, 0.15) is 11.4 Å². The molecule has 1 aromatic carbocycles. The van der Waals surface area contributed by atoms with Crippen molar-refractivity contribution in [3.05, 3.63) is 46.7 Å². The maximum Gasteiger partial charge on any atom is 0.272 e. The molecule has 1 saturated heterocycles. The lowest BCUT2D eigenvalue weighted by Gasteiger charge is -2.09. The molecule has 0 saturated carbocycles. The average molecular weight is 414 g/mol. The number of nitrogens with zero attached hydrogens (tertiary/aromatic N) is 2. The lowest BCUT2D eigenvalue weighted by Crippen LogP contribution is -2.35. The van der Waals surface area contributed by atoms with E-state index in [1.165, 1.54) is 4.68 Å². The molecular weight excluding hydrogens is 398 g/mol. The first-order valence-electron chi connectivity index (χ1n) is 7.34. The number of aromatic nitrogens is 2. The summed E-state index contributed by atoms with van der Waals surface area (Å²) >= 11 is 3.35. The van der Waals surface area contributed by atoms with Crippen molar-refractivity contribution in [2.75, 3.05) is 11.5 Å². The minimum Gasteiger partial charge on any atom is -0.471 e. The van der Waals surface area contributed by atoms with Gasteiger partial charge in [-0.2, -0.15) is 5.10 Å². The molecule has 1 aliphatic heterocycles. The first kappa shape index (κ1) is 17.0. The number of ether oxygens (including phenoxy) is 1. The third-order valence-corrected chi connectivity index (χ3v) is 5.91. The van der Waals surface area contributed by atoms with Crippen LogP contribution in [0, 0.1) is 0 Å². The number of amides is 1. The van der Waals surface area contributed by atoms with E-state index in [1.807, 2.05) is 24.3 Å². The number of hydrogen-bond donors (Lipinski definition) is 1. The molecule has 0 aliphatic carbocycles. The number of hydrogen-bond acceptors (Lipinski definition) is 5. The van der Waals surface area contributed by atoms with Gasteiger partial charge >= 0.3 is 0 Å². The van der Waals surface area contributed by atoms with Gasteiger partial charge in [-0.3, -0.25) is 4.79 Å². The van der Waals surface area contributed by atoms with Crippen molar-refractivity contribution in [2.24, 2.45) is 0 Å². The second kappa shape index (κ2) is 6.94. The Balaban J connectivity index is 1.55. The quantitative estimate of drug-likeness (QED) is 0.803. The number of nitrogens with one attached hydrogen (secondary N) is 1. The zero-order valence-corrected chi connectivity index (χ0v) is 15.1. The number of halogens is 1. The van der Waals surface area contributed by atoms with Crippen molar-refractivity contribution in [1.29, 1.82) is 0 Å². The van der Waals surface area contributed by atoms with Crippen LogP contribution in [0.3, 0.4) is 0 Å². The van der Waals surface area contributed by atoms with Gasteiger partial charge in [0.05, 0.1) is 11.5 Å². The normalized spacial score (nSPS) is 19.1. The van der Waals surface area contributed by atoms with Crippen LogP contribution in [0.25, 0.3) is 0 Å². The fraction of sp³-hybridized carbons (Fsp3) is 0.333. The summed E-state index contributed by atoms with van der Waals surface area (Å²) in [5.41, 5.74) is 0.235. The first-order chi connectivity index (χ1) is 11.4.